The number of hydrogen-bond acceptors (Lipinski definition) is 4. The van der Waals surface area contributed by atoms with Crippen LogP contribution in [0.25, 0.3) is 65.7 Å². The van der Waals surface area contributed by atoms with Gasteiger partial charge in [0.25, 0.3) is 0 Å². The predicted octanol–water partition coefficient (Wildman–Crippen LogP) is 17.7. The van der Waals surface area contributed by atoms with Crippen molar-refractivity contribution >= 4 is 66.4 Å². The molecule has 1 aliphatic carbocycles. The molecule has 0 radical (unpaired) electrons. The van der Waals surface area contributed by atoms with Gasteiger partial charge < -0.3 is 9.80 Å². The zero-order valence-corrected chi connectivity index (χ0v) is 38.8. The smallest absolute Gasteiger partial charge is 0.147 e. The van der Waals surface area contributed by atoms with Crippen LogP contribution in [0.5, 0.6) is 0 Å². The first-order valence-electron chi connectivity index (χ1n) is 23.6. The Bertz CT molecular complexity index is 4060. The second-order valence-electron chi connectivity index (χ2n) is 18.7. The van der Waals surface area contributed by atoms with Crippen LogP contribution in [0, 0.1) is 34.3 Å². The molecular weight excluding hydrogens is 875 g/mol. The molecule has 0 heterocycles. The molecule has 12 rings (SSSR count). The molecule has 0 aromatic heterocycles. The molecule has 0 saturated carbocycles. The highest BCUT2D eigenvalue weighted by Gasteiger charge is 2.37. The third kappa shape index (κ3) is 7.33. The minimum atomic E-state index is -0.498. The number of fused-ring (bicyclic) bond motifs is 6. The van der Waals surface area contributed by atoms with E-state index in [4.69, 9.17) is 0 Å². The Hall–Kier alpha value is -9.36. The van der Waals surface area contributed by atoms with E-state index in [2.05, 4.69) is 111 Å². The summed E-state index contributed by atoms with van der Waals surface area (Å²) in [6, 6.07) is 75.1. The van der Waals surface area contributed by atoms with E-state index in [9.17, 15) is 10.5 Å². The van der Waals surface area contributed by atoms with Gasteiger partial charge in [-0.25, -0.2) is 8.78 Å². The zero-order valence-electron chi connectivity index (χ0n) is 38.8. The van der Waals surface area contributed by atoms with Crippen molar-refractivity contribution in [3.05, 3.63) is 252 Å². The van der Waals surface area contributed by atoms with Crippen LogP contribution in [-0.4, -0.2) is 0 Å². The minimum absolute atomic E-state index is 0.320. The highest BCUT2D eigenvalue weighted by Crippen LogP contribution is 2.53. The summed E-state index contributed by atoms with van der Waals surface area (Å²) in [6.45, 7) is 4.40. The number of nitrogens with zero attached hydrogens (tertiary/aromatic N) is 4. The van der Waals surface area contributed by atoms with E-state index < -0.39 is 17.0 Å². The molecule has 6 heteroatoms. The van der Waals surface area contributed by atoms with Gasteiger partial charge in [-0.2, -0.15) is 10.5 Å². The monoisotopic (exact) mass is 916 g/mol. The van der Waals surface area contributed by atoms with Gasteiger partial charge in [-0.05, 0) is 174 Å². The number of anilines is 6. The maximum atomic E-state index is 16.8. The van der Waals surface area contributed by atoms with Gasteiger partial charge in [-0.3, -0.25) is 0 Å². The highest BCUT2D eigenvalue weighted by atomic mass is 19.1. The van der Waals surface area contributed by atoms with E-state index in [0.717, 1.165) is 82.5 Å². The van der Waals surface area contributed by atoms with Crippen LogP contribution in [0.1, 0.15) is 36.1 Å². The molecule has 0 N–H and O–H groups in total. The van der Waals surface area contributed by atoms with Crippen LogP contribution < -0.4 is 9.80 Å². The van der Waals surface area contributed by atoms with Crippen molar-refractivity contribution in [2.45, 2.75) is 19.3 Å². The lowest BCUT2D eigenvalue weighted by molar-refractivity contribution is 0.629. The lowest BCUT2D eigenvalue weighted by Gasteiger charge is -2.29. The Kier molecular flexibility index (Phi) is 10.3. The summed E-state index contributed by atoms with van der Waals surface area (Å²) >= 11 is 0. The summed E-state index contributed by atoms with van der Waals surface area (Å²) in [7, 11) is 0. The Morgan fingerprint density at radius 1 is 0.352 bits per heavy atom. The second kappa shape index (κ2) is 17.0. The summed E-state index contributed by atoms with van der Waals surface area (Å²) in [4.78, 5) is 3.68. The van der Waals surface area contributed by atoms with E-state index in [0.29, 0.717) is 39.6 Å². The van der Waals surface area contributed by atoms with Gasteiger partial charge in [0.2, 0.25) is 0 Å². The second-order valence-corrected chi connectivity index (χ2v) is 18.7. The predicted molar refractivity (Wildman–Crippen MR) is 286 cm³/mol. The van der Waals surface area contributed by atoms with Crippen molar-refractivity contribution in [3.8, 4) is 45.5 Å². The van der Waals surface area contributed by atoms with Gasteiger partial charge in [0.15, 0.2) is 0 Å². The van der Waals surface area contributed by atoms with Gasteiger partial charge in [0.05, 0.1) is 33.9 Å². The molecule has 0 fully saturated rings. The Labute approximate surface area is 410 Å². The highest BCUT2D eigenvalue weighted by molar-refractivity contribution is 5.98. The van der Waals surface area contributed by atoms with E-state index in [1.54, 1.807) is 36.4 Å². The number of halogens is 2. The number of para-hydroxylation sites is 2. The third-order valence-corrected chi connectivity index (χ3v) is 14.2. The van der Waals surface area contributed by atoms with E-state index in [1.807, 2.05) is 107 Å². The molecule has 0 atom stereocenters. The third-order valence-electron chi connectivity index (χ3n) is 14.2. The average molecular weight is 917 g/mol. The van der Waals surface area contributed by atoms with Crippen molar-refractivity contribution in [1.29, 1.82) is 10.5 Å². The van der Waals surface area contributed by atoms with E-state index >= 15 is 8.78 Å². The average Bonchev–Trinajstić information content (AvgIpc) is 3.62. The van der Waals surface area contributed by atoms with Crippen LogP contribution in [-0.2, 0) is 5.41 Å². The molecule has 0 bridgehead atoms. The van der Waals surface area contributed by atoms with E-state index in [1.165, 1.54) is 0 Å². The van der Waals surface area contributed by atoms with Gasteiger partial charge in [0, 0.05) is 16.8 Å². The Morgan fingerprint density at radius 3 is 1.31 bits per heavy atom. The topological polar surface area (TPSA) is 54.1 Å². The Balaban J connectivity index is 0.937. The lowest BCUT2D eigenvalue weighted by atomic mass is 9.81. The molecule has 71 heavy (non-hydrogen) atoms. The summed E-state index contributed by atoms with van der Waals surface area (Å²) < 4.78 is 33.6. The van der Waals surface area contributed by atoms with Gasteiger partial charge in [-0.1, -0.05) is 135 Å². The standard InChI is InChI=1S/C65H42F2N4/c1-65(2)57-35-52-33-53(70(61-17-9-7-15-50(61)39-68)63-29-24-48(36-59(63)66)45-21-19-41-11-3-5-13-43(41)31-45)26-23-47(52)34-56(57)55-28-27-54(38-58(55)65)71(62-18-10-8-16-51(62)40-69)64-30-25-49(37-60(64)67)46-22-20-42-12-4-6-14-44(42)32-46/h3-38H,1-2H3. The fraction of sp³-hybridized carbons (Fsp3) is 0.0462. The molecule has 11 aromatic rings. The van der Waals surface area contributed by atoms with Crippen LogP contribution in [0.4, 0.5) is 42.9 Å². The maximum Gasteiger partial charge on any atom is 0.147 e. The fourth-order valence-corrected chi connectivity index (χ4v) is 10.5. The first kappa shape index (κ1) is 43.0. The van der Waals surface area contributed by atoms with Gasteiger partial charge >= 0.3 is 0 Å². The molecular formula is C65H42F2N4. The molecule has 0 unspecified atom stereocenters. The Morgan fingerprint density at radius 2 is 0.775 bits per heavy atom. The fourth-order valence-electron chi connectivity index (χ4n) is 10.5. The number of hydrogen-bond donors (Lipinski definition) is 0. The van der Waals surface area contributed by atoms with Crippen LogP contribution in [0.15, 0.2) is 218 Å². The summed E-state index contributed by atoms with van der Waals surface area (Å²) in [5.41, 5.74) is 11.2. The summed E-state index contributed by atoms with van der Waals surface area (Å²) in [5, 5.41) is 27.0. The molecule has 4 nitrogen and oxygen atoms in total. The SMILES string of the molecule is CC1(C)c2cc(N(c3ccc(-c4ccc5ccccc5c4)cc3F)c3ccccc3C#N)ccc2-c2cc3ccc(N(c4ccc(-c5ccc6ccccc6c5)cc4F)c4ccccc4C#N)cc3cc21. The number of nitriles is 2. The van der Waals surface area contributed by atoms with E-state index in [-0.39, 0.29) is 0 Å². The van der Waals surface area contributed by atoms with Crippen molar-refractivity contribution < 1.29 is 8.78 Å². The normalized spacial score (nSPS) is 12.3. The van der Waals surface area contributed by atoms with Gasteiger partial charge in [-0.15, -0.1) is 0 Å². The molecule has 1 aliphatic rings. The zero-order chi connectivity index (χ0) is 48.4. The van der Waals surface area contributed by atoms with Crippen molar-refractivity contribution in [1.82, 2.24) is 0 Å². The van der Waals surface area contributed by atoms with Crippen molar-refractivity contribution in [2.24, 2.45) is 0 Å². The van der Waals surface area contributed by atoms with Crippen LogP contribution >= 0.6 is 0 Å². The first-order chi connectivity index (χ1) is 34.7. The molecule has 336 valence electrons. The number of rotatable bonds is 8. The number of benzene rings is 11. The molecule has 0 aliphatic heterocycles. The lowest BCUT2D eigenvalue weighted by Crippen LogP contribution is -2.17. The van der Waals surface area contributed by atoms with Crippen molar-refractivity contribution in [2.75, 3.05) is 9.80 Å². The quantitative estimate of drug-likeness (QED) is 0.152. The summed E-state index contributed by atoms with van der Waals surface area (Å²) in [6.07, 6.45) is 0. The first-order valence-corrected chi connectivity index (χ1v) is 23.6. The van der Waals surface area contributed by atoms with Crippen molar-refractivity contribution in [3.63, 3.8) is 0 Å². The minimum Gasteiger partial charge on any atom is -0.306 e. The van der Waals surface area contributed by atoms with Gasteiger partial charge in [0.1, 0.15) is 23.8 Å². The molecule has 11 aromatic carbocycles. The maximum absolute atomic E-state index is 16.8. The van der Waals surface area contributed by atoms with Crippen LogP contribution in [0.2, 0.25) is 0 Å². The summed E-state index contributed by atoms with van der Waals surface area (Å²) in [5.74, 6) is -0.835. The molecule has 0 spiro atoms. The van der Waals surface area contributed by atoms with Crippen LogP contribution in [0.3, 0.4) is 0 Å². The molecule has 0 amide bonds. The largest absolute Gasteiger partial charge is 0.306 e. The molecule has 0 saturated heterocycles.